The molecule has 2 rings (SSSR count). The maximum Gasteiger partial charge on any atom is 0.122 e. The Morgan fingerprint density at radius 3 is 2.30 bits per heavy atom. The number of ether oxygens (including phenoxy) is 1. The first-order valence-corrected chi connectivity index (χ1v) is 7.92. The van der Waals surface area contributed by atoms with Gasteiger partial charge < -0.3 is 10.5 Å². The molecule has 2 nitrogen and oxygen atoms in total. The fraction of sp³-hybridized carbons (Fsp3) is 0.667. The van der Waals surface area contributed by atoms with Crippen LogP contribution in [0.2, 0.25) is 0 Å². The van der Waals surface area contributed by atoms with Crippen molar-refractivity contribution in [1.82, 2.24) is 0 Å². The van der Waals surface area contributed by atoms with Gasteiger partial charge in [0.25, 0.3) is 0 Å². The average Bonchev–Trinajstić information content (AvgIpc) is 2.45. The Bertz CT molecular complexity index is 447. The van der Waals surface area contributed by atoms with Crippen molar-refractivity contribution in [3.05, 3.63) is 28.8 Å². The second-order valence-corrected chi connectivity index (χ2v) is 6.54. The van der Waals surface area contributed by atoms with Crippen molar-refractivity contribution in [2.24, 2.45) is 17.6 Å². The highest BCUT2D eigenvalue weighted by Gasteiger charge is 2.28. The van der Waals surface area contributed by atoms with Gasteiger partial charge in [0.15, 0.2) is 0 Å². The molecule has 1 aliphatic rings. The Kier molecular flexibility index (Phi) is 5.09. The van der Waals surface area contributed by atoms with Gasteiger partial charge in [-0.15, -0.1) is 0 Å². The molecular weight excluding hydrogens is 246 g/mol. The summed E-state index contributed by atoms with van der Waals surface area (Å²) in [6.07, 6.45) is 5.29. The van der Waals surface area contributed by atoms with Crippen molar-refractivity contribution < 1.29 is 4.74 Å². The lowest BCUT2D eigenvalue weighted by Gasteiger charge is -2.33. The molecule has 0 amide bonds. The molecule has 2 heteroatoms. The second-order valence-electron chi connectivity index (χ2n) is 6.54. The second kappa shape index (κ2) is 6.62. The molecule has 112 valence electrons. The van der Waals surface area contributed by atoms with Crippen molar-refractivity contribution >= 4 is 0 Å². The molecule has 1 fully saturated rings. The van der Waals surface area contributed by atoms with Gasteiger partial charge in [-0.05, 0) is 67.8 Å². The molecule has 2 N–H and O–H groups in total. The maximum atomic E-state index is 6.13. The fourth-order valence-corrected chi connectivity index (χ4v) is 3.54. The minimum Gasteiger partial charge on any atom is -0.496 e. The van der Waals surface area contributed by atoms with Crippen molar-refractivity contribution in [1.29, 1.82) is 0 Å². The van der Waals surface area contributed by atoms with Crippen LogP contribution in [0, 0.1) is 25.7 Å². The zero-order chi connectivity index (χ0) is 14.7. The molecule has 0 aliphatic heterocycles. The number of benzene rings is 1. The molecule has 0 radical (unpaired) electrons. The summed E-state index contributed by atoms with van der Waals surface area (Å²) < 4.78 is 5.62. The zero-order valence-corrected chi connectivity index (χ0v) is 13.4. The van der Waals surface area contributed by atoms with Crippen LogP contribution in [0.5, 0.6) is 5.75 Å². The molecule has 0 spiro atoms. The van der Waals surface area contributed by atoms with E-state index in [9.17, 15) is 0 Å². The van der Waals surface area contributed by atoms with Crippen LogP contribution in [0.15, 0.2) is 12.1 Å². The van der Waals surface area contributed by atoms with Gasteiger partial charge in [0.2, 0.25) is 0 Å². The van der Waals surface area contributed by atoms with Crippen LogP contribution in [0.1, 0.15) is 55.2 Å². The predicted molar refractivity (Wildman–Crippen MR) is 85.4 cm³/mol. The summed E-state index contributed by atoms with van der Waals surface area (Å²) in [5.74, 6) is 3.05. The van der Waals surface area contributed by atoms with E-state index in [0.29, 0.717) is 11.8 Å². The minimum atomic E-state index is 0.441. The van der Waals surface area contributed by atoms with E-state index in [0.717, 1.165) is 18.2 Å². The van der Waals surface area contributed by atoms with Crippen molar-refractivity contribution in [3.63, 3.8) is 0 Å². The van der Waals surface area contributed by atoms with E-state index in [1.807, 2.05) is 0 Å². The van der Waals surface area contributed by atoms with Gasteiger partial charge >= 0.3 is 0 Å². The van der Waals surface area contributed by atoms with Crippen LogP contribution in [-0.4, -0.2) is 13.7 Å². The Morgan fingerprint density at radius 2 is 1.75 bits per heavy atom. The van der Waals surface area contributed by atoms with Gasteiger partial charge in [-0.3, -0.25) is 0 Å². The number of hydrogen-bond donors (Lipinski definition) is 1. The number of methoxy groups -OCH3 is 1. The van der Waals surface area contributed by atoms with Gasteiger partial charge in [-0.25, -0.2) is 0 Å². The number of nitrogens with two attached hydrogens (primary N) is 1. The van der Waals surface area contributed by atoms with Crippen LogP contribution >= 0.6 is 0 Å². The summed E-state index contributed by atoms with van der Waals surface area (Å²) in [6, 6.07) is 4.46. The summed E-state index contributed by atoms with van der Waals surface area (Å²) in [5.41, 5.74) is 10.1. The summed E-state index contributed by atoms with van der Waals surface area (Å²) in [5, 5.41) is 0. The zero-order valence-electron chi connectivity index (χ0n) is 13.4. The molecule has 0 saturated heterocycles. The highest BCUT2D eigenvalue weighted by atomic mass is 16.5. The van der Waals surface area contributed by atoms with Gasteiger partial charge in [-0.2, -0.15) is 0 Å². The number of rotatable bonds is 4. The fourth-order valence-electron chi connectivity index (χ4n) is 3.54. The van der Waals surface area contributed by atoms with Crippen LogP contribution < -0.4 is 10.5 Å². The Balaban J connectivity index is 2.29. The Morgan fingerprint density at radius 1 is 1.15 bits per heavy atom. The summed E-state index contributed by atoms with van der Waals surface area (Å²) in [7, 11) is 1.77. The van der Waals surface area contributed by atoms with Crippen LogP contribution in [0.25, 0.3) is 0 Å². The van der Waals surface area contributed by atoms with Crippen molar-refractivity contribution in [2.45, 2.75) is 52.4 Å². The first-order valence-electron chi connectivity index (χ1n) is 7.92. The predicted octanol–water partition coefficient (Wildman–Crippen LogP) is 4.18. The van der Waals surface area contributed by atoms with Crippen LogP contribution in [0.3, 0.4) is 0 Å². The first kappa shape index (κ1) is 15.4. The van der Waals surface area contributed by atoms with E-state index >= 15 is 0 Å². The minimum absolute atomic E-state index is 0.441. The molecule has 20 heavy (non-hydrogen) atoms. The molecule has 1 saturated carbocycles. The third-order valence-electron chi connectivity index (χ3n) is 5.13. The highest BCUT2D eigenvalue weighted by molar-refractivity contribution is 5.44. The quantitative estimate of drug-likeness (QED) is 0.894. The molecule has 0 aromatic heterocycles. The lowest BCUT2D eigenvalue weighted by Crippen LogP contribution is -2.26. The normalized spacial score (nSPS) is 24.4. The monoisotopic (exact) mass is 275 g/mol. The topological polar surface area (TPSA) is 35.2 Å². The van der Waals surface area contributed by atoms with Gasteiger partial charge in [-0.1, -0.05) is 25.8 Å². The Hall–Kier alpha value is -1.02. The SMILES string of the molecule is COc1cc(C)c(C)cc1C(CN)C1CCC(C)CC1. The number of hydrogen-bond acceptors (Lipinski definition) is 2. The Labute approximate surface area is 123 Å². The smallest absolute Gasteiger partial charge is 0.122 e. The highest BCUT2D eigenvalue weighted by Crippen LogP contribution is 2.41. The largest absolute Gasteiger partial charge is 0.496 e. The van der Waals surface area contributed by atoms with E-state index in [1.54, 1.807) is 7.11 Å². The van der Waals surface area contributed by atoms with Crippen LogP contribution in [0.4, 0.5) is 0 Å². The lowest BCUT2D eigenvalue weighted by molar-refractivity contribution is 0.252. The van der Waals surface area contributed by atoms with E-state index in [4.69, 9.17) is 10.5 Å². The molecule has 1 atom stereocenters. The molecule has 0 bridgehead atoms. The summed E-state index contributed by atoms with van der Waals surface area (Å²) >= 11 is 0. The third-order valence-corrected chi connectivity index (χ3v) is 5.13. The van der Waals surface area contributed by atoms with E-state index < -0.39 is 0 Å². The van der Waals surface area contributed by atoms with Gasteiger partial charge in [0.1, 0.15) is 5.75 Å². The third kappa shape index (κ3) is 3.17. The summed E-state index contributed by atoms with van der Waals surface area (Å²) in [4.78, 5) is 0. The van der Waals surface area contributed by atoms with E-state index in [2.05, 4.69) is 32.9 Å². The standard InChI is InChI=1S/C18H29NO/c1-12-5-7-15(8-6-12)17(11-19)16-9-13(2)14(3)10-18(16)20-4/h9-10,12,15,17H,5-8,11,19H2,1-4H3. The van der Waals surface area contributed by atoms with Gasteiger partial charge in [0.05, 0.1) is 7.11 Å². The molecular formula is C18H29NO. The average molecular weight is 275 g/mol. The number of aryl methyl sites for hydroxylation is 2. The summed E-state index contributed by atoms with van der Waals surface area (Å²) in [6.45, 7) is 7.40. The van der Waals surface area contributed by atoms with Crippen LogP contribution in [-0.2, 0) is 0 Å². The van der Waals surface area contributed by atoms with E-state index in [-0.39, 0.29) is 0 Å². The van der Waals surface area contributed by atoms with Crippen molar-refractivity contribution in [2.75, 3.05) is 13.7 Å². The van der Waals surface area contributed by atoms with E-state index in [1.165, 1.54) is 42.4 Å². The molecule has 1 unspecified atom stereocenters. The molecule has 1 aromatic carbocycles. The molecule has 1 aromatic rings. The first-order chi connectivity index (χ1) is 9.56. The molecule has 1 aliphatic carbocycles. The molecule has 0 heterocycles. The maximum absolute atomic E-state index is 6.13. The van der Waals surface area contributed by atoms with Gasteiger partial charge in [0, 0.05) is 5.92 Å². The lowest BCUT2D eigenvalue weighted by atomic mass is 9.73. The van der Waals surface area contributed by atoms with Crippen molar-refractivity contribution in [3.8, 4) is 5.75 Å².